The van der Waals surface area contributed by atoms with Crippen LogP contribution < -0.4 is 5.73 Å². The van der Waals surface area contributed by atoms with E-state index in [9.17, 15) is 4.39 Å². The zero-order chi connectivity index (χ0) is 7.61. The van der Waals surface area contributed by atoms with Gasteiger partial charge in [0.2, 0.25) is 0 Å². The number of hydrogen-bond acceptors (Lipinski definition) is 1. The van der Waals surface area contributed by atoms with Crippen LogP contribution in [0.3, 0.4) is 0 Å². The fourth-order valence-electron chi connectivity index (χ4n) is 0.899. The molecule has 1 nitrogen and oxygen atoms in total. The molecule has 1 aliphatic rings. The molecule has 0 bridgehead atoms. The molecule has 0 saturated carbocycles. The number of nitrogens with two attached hydrogens (primary N) is 1. The van der Waals surface area contributed by atoms with Gasteiger partial charge in [-0.1, -0.05) is 13.0 Å². The van der Waals surface area contributed by atoms with Gasteiger partial charge in [-0.2, -0.15) is 0 Å². The molecule has 0 aromatic rings. The van der Waals surface area contributed by atoms with Crippen molar-refractivity contribution < 1.29 is 4.39 Å². The average Bonchev–Trinajstić information content (AvgIpc) is 1.96. The Hall–Kier alpha value is -0.630. The summed E-state index contributed by atoms with van der Waals surface area (Å²) in [5.74, 6) is -0.147. The Morgan fingerprint density at radius 3 is 2.90 bits per heavy atom. The lowest BCUT2D eigenvalue weighted by molar-refractivity contribution is 0.432. The molecular weight excluding hydrogens is 129 g/mol. The molecule has 0 saturated heterocycles. The van der Waals surface area contributed by atoms with Crippen molar-refractivity contribution in [2.45, 2.75) is 13.3 Å². The van der Waals surface area contributed by atoms with Crippen molar-refractivity contribution in [3.05, 3.63) is 24.1 Å². The van der Waals surface area contributed by atoms with Crippen LogP contribution in [0.15, 0.2) is 24.1 Å². The quantitative estimate of drug-likeness (QED) is 0.591. The maximum atomic E-state index is 12.4. The van der Waals surface area contributed by atoms with Crippen molar-refractivity contribution >= 4 is 0 Å². The second-order valence-electron chi connectivity index (χ2n) is 2.98. The van der Waals surface area contributed by atoms with Gasteiger partial charge in [-0.3, -0.25) is 0 Å². The Balaban J connectivity index is 2.67. The lowest BCUT2D eigenvalue weighted by Gasteiger charge is -2.24. The molecule has 0 spiro atoms. The molecule has 0 aromatic heterocycles. The lowest BCUT2D eigenvalue weighted by Crippen LogP contribution is -2.25. The fraction of sp³-hybridized carbons (Fsp3) is 0.500. The maximum absolute atomic E-state index is 12.4. The molecular formula is C8H12FN. The highest BCUT2D eigenvalue weighted by Gasteiger charge is 2.20. The molecule has 0 heterocycles. The summed E-state index contributed by atoms with van der Waals surface area (Å²) in [5.41, 5.74) is 5.46. The van der Waals surface area contributed by atoms with Crippen molar-refractivity contribution in [1.29, 1.82) is 0 Å². The van der Waals surface area contributed by atoms with Crippen LogP contribution in [-0.2, 0) is 0 Å². The summed E-state index contributed by atoms with van der Waals surface area (Å²) >= 11 is 0. The van der Waals surface area contributed by atoms with Gasteiger partial charge in [-0.05, 0) is 18.6 Å². The maximum Gasteiger partial charge on any atom is 0.118 e. The van der Waals surface area contributed by atoms with Crippen LogP contribution in [0.5, 0.6) is 0 Å². The summed E-state index contributed by atoms with van der Waals surface area (Å²) in [6.07, 6.45) is 5.61. The van der Waals surface area contributed by atoms with Crippen molar-refractivity contribution in [2.24, 2.45) is 11.1 Å². The number of hydrogen-bond donors (Lipinski definition) is 1. The third kappa shape index (κ3) is 1.45. The number of allylic oxidation sites excluding steroid dienone is 3. The molecule has 1 unspecified atom stereocenters. The second-order valence-corrected chi connectivity index (χ2v) is 2.98. The first-order valence-corrected chi connectivity index (χ1v) is 3.41. The molecule has 1 atom stereocenters. The van der Waals surface area contributed by atoms with Gasteiger partial charge in [0.1, 0.15) is 5.83 Å². The Kier molecular flexibility index (Phi) is 1.90. The minimum absolute atomic E-state index is 0.0183. The molecule has 56 valence electrons. The van der Waals surface area contributed by atoms with Crippen LogP contribution in [0.4, 0.5) is 4.39 Å². The van der Waals surface area contributed by atoms with E-state index in [1.165, 1.54) is 6.08 Å². The van der Waals surface area contributed by atoms with E-state index in [2.05, 4.69) is 0 Å². The van der Waals surface area contributed by atoms with Crippen LogP contribution in [0.2, 0.25) is 0 Å². The van der Waals surface area contributed by atoms with Gasteiger partial charge in [-0.25, -0.2) is 4.39 Å². The summed E-state index contributed by atoms with van der Waals surface area (Å²) < 4.78 is 12.4. The summed E-state index contributed by atoms with van der Waals surface area (Å²) in [6.45, 7) is 2.60. The third-order valence-corrected chi connectivity index (χ3v) is 1.87. The van der Waals surface area contributed by atoms with Gasteiger partial charge in [0.05, 0.1) is 0 Å². The molecule has 0 fully saturated rings. The van der Waals surface area contributed by atoms with Gasteiger partial charge in [0.15, 0.2) is 0 Å². The molecule has 2 heteroatoms. The van der Waals surface area contributed by atoms with Crippen molar-refractivity contribution in [2.75, 3.05) is 6.54 Å². The minimum Gasteiger partial charge on any atom is -0.330 e. The molecule has 1 rings (SSSR count). The number of rotatable bonds is 1. The highest BCUT2D eigenvalue weighted by molar-refractivity contribution is 5.20. The van der Waals surface area contributed by atoms with Crippen LogP contribution in [0, 0.1) is 5.41 Å². The highest BCUT2D eigenvalue weighted by atomic mass is 19.1. The minimum atomic E-state index is -0.147. The first-order chi connectivity index (χ1) is 4.66. The topological polar surface area (TPSA) is 26.0 Å². The van der Waals surface area contributed by atoms with E-state index < -0.39 is 0 Å². The Labute approximate surface area is 60.4 Å². The molecule has 1 aliphatic carbocycles. The molecule has 0 amide bonds. The summed E-state index contributed by atoms with van der Waals surface area (Å²) in [5, 5.41) is 0. The average molecular weight is 141 g/mol. The standard InChI is InChI=1S/C8H12FN/c1-8(6-10)4-2-7(9)3-5-8/h2-4H,5-6,10H2,1H3. The Bertz CT molecular complexity index is 184. The predicted octanol–water partition coefficient (Wildman–Crippen LogP) is 1.76. The Morgan fingerprint density at radius 2 is 2.50 bits per heavy atom. The molecule has 2 N–H and O–H groups in total. The third-order valence-electron chi connectivity index (χ3n) is 1.87. The van der Waals surface area contributed by atoms with E-state index in [0.717, 1.165) is 0 Å². The van der Waals surface area contributed by atoms with E-state index in [-0.39, 0.29) is 11.2 Å². The lowest BCUT2D eigenvalue weighted by atomic mass is 9.84. The SMILES string of the molecule is CC1(CN)C=CC(F)=CC1. The molecule has 10 heavy (non-hydrogen) atoms. The summed E-state index contributed by atoms with van der Waals surface area (Å²) in [4.78, 5) is 0. The van der Waals surface area contributed by atoms with E-state index in [1.54, 1.807) is 6.08 Å². The van der Waals surface area contributed by atoms with Crippen LogP contribution in [0.1, 0.15) is 13.3 Å². The molecule has 0 aromatic carbocycles. The normalized spacial score (nSPS) is 32.1. The van der Waals surface area contributed by atoms with Gasteiger partial charge in [0.25, 0.3) is 0 Å². The monoisotopic (exact) mass is 141 g/mol. The van der Waals surface area contributed by atoms with Gasteiger partial charge < -0.3 is 5.73 Å². The van der Waals surface area contributed by atoms with E-state index in [0.29, 0.717) is 13.0 Å². The predicted molar refractivity (Wildman–Crippen MR) is 40.1 cm³/mol. The second kappa shape index (κ2) is 2.54. The van der Waals surface area contributed by atoms with E-state index >= 15 is 0 Å². The largest absolute Gasteiger partial charge is 0.330 e. The Morgan fingerprint density at radius 1 is 1.80 bits per heavy atom. The zero-order valence-electron chi connectivity index (χ0n) is 6.10. The number of halogens is 1. The van der Waals surface area contributed by atoms with Crippen LogP contribution in [-0.4, -0.2) is 6.54 Å². The first-order valence-electron chi connectivity index (χ1n) is 3.41. The first kappa shape index (κ1) is 7.48. The van der Waals surface area contributed by atoms with Crippen molar-refractivity contribution in [1.82, 2.24) is 0 Å². The summed E-state index contributed by atoms with van der Waals surface area (Å²) in [6, 6.07) is 0. The smallest absolute Gasteiger partial charge is 0.118 e. The van der Waals surface area contributed by atoms with Gasteiger partial charge >= 0.3 is 0 Å². The van der Waals surface area contributed by atoms with Crippen molar-refractivity contribution in [3.63, 3.8) is 0 Å². The van der Waals surface area contributed by atoms with Gasteiger partial charge in [-0.15, -0.1) is 0 Å². The van der Waals surface area contributed by atoms with Crippen LogP contribution in [0.25, 0.3) is 0 Å². The molecule has 0 aliphatic heterocycles. The van der Waals surface area contributed by atoms with E-state index in [4.69, 9.17) is 5.73 Å². The zero-order valence-corrected chi connectivity index (χ0v) is 6.10. The van der Waals surface area contributed by atoms with Crippen molar-refractivity contribution in [3.8, 4) is 0 Å². The van der Waals surface area contributed by atoms with Crippen LogP contribution >= 0.6 is 0 Å². The summed E-state index contributed by atoms with van der Waals surface area (Å²) in [7, 11) is 0. The fourth-order valence-corrected chi connectivity index (χ4v) is 0.899. The van der Waals surface area contributed by atoms with E-state index in [1.807, 2.05) is 13.0 Å². The molecule has 0 radical (unpaired) electrons. The highest BCUT2D eigenvalue weighted by Crippen LogP contribution is 2.27. The van der Waals surface area contributed by atoms with Gasteiger partial charge in [0, 0.05) is 12.0 Å².